The van der Waals surface area contributed by atoms with Crippen LogP contribution in [-0.2, 0) is 7.05 Å². The summed E-state index contributed by atoms with van der Waals surface area (Å²) in [5.41, 5.74) is 0.224. The number of aryl methyl sites for hydroxylation is 1. The van der Waals surface area contributed by atoms with E-state index in [0.29, 0.717) is 23.9 Å². The van der Waals surface area contributed by atoms with Crippen molar-refractivity contribution in [3.05, 3.63) is 34.2 Å². The van der Waals surface area contributed by atoms with E-state index in [0.717, 1.165) is 12.8 Å². The van der Waals surface area contributed by atoms with Crippen molar-refractivity contribution in [3.8, 4) is 0 Å². The summed E-state index contributed by atoms with van der Waals surface area (Å²) in [7, 11) is 1.65. The first-order chi connectivity index (χ1) is 8.54. The van der Waals surface area contributed by atoms with Crippen molar-refractivity contribution in [2.75, 3.05) is 12.4 Å². The van der Waals surface area contributed by atoms with Crippen LogP contribution in [0.15, 0.2) is 23.1 Å². The zero-order chi connectivity index (χ0) is 13.5. The molecule has 0 spiro atoms. The van der Waals surface area contributed by atoms with Gasteiger partial charge in [0.2, 0.25) is 0 Å². The first-order valence-electron chi connectivity index (χ1n) is 6.05. The summed E-state index contributed by atoms with van der Waals surface area (Å²) in [6.45, 7) is 2.69. The molecule has 0 saturated carbocycles. The van der Waals surface area contributed by atoms with E-state index in [9.17, 15) is 9.59 Å². The van der Waals surface area contributed by atoms with E-state index in [-0.39, 0.29) is 11.5 Å². The minimum atomic E-state index is -0.203. The fourth-order valence-corrected chi connectivity index (χ4v) is 1.68. The molecule has 1 amide bonds. The fourth-order valence-electron chi connectivity index (χ4n) is 1.52. The third-order valence-corrected chi connectivity index (χ3v) is 3.32. The van der Waals surface area contributed by atoms with Gasteiger partial charge in [-0.3, -0.25) is 9.59 Å². The molecule has 0 saturated heterocycles. The molecule has 0 aliphatic carbocycles. The monoisotopic (exact) mass is 270 g/mol. The molecular formula is C13H19ClN2O2. The third-order valence-electron chi connectivity index (χ3n) is 2.79. The Hall–Kier alpha value is -1.29. The molecule has 0 aliphatic heterocycles. The van der Waals surface area contributed by atoms with E-state index >= 15 is 0 Å². The second kappa shape index (κ2) is 7.21. The Morgan fingerprint density at radius 1 is 1.56 bits per heavy atom. The maximum Gasteiger partial charge on any atom is 0.251 e. The van der Waals surface area contributed by atoms with Crippen molar-refractivity contribution >= 4 is 17.5 Å². The van der Waals surface area contributed by atoms with Gasteiger partial charge in [0.15, 0.2) is 0 Å². The van der Waals surface area contributed by atoms with Gasteiger partial charge in [-0.25, -0.2) is 0 Å². The van der Waals surface area contributed by atoms with E-state index in [4.69, 9.17) is 11.6 Å². The minimum Gasteiger partial charge on any atom is -0.352 e. The average molecular weight is 271 g/mol. The number of pyridine rings is 1. The standard InChI is InChI=1S/C13H19ClN2O2/c1-10(9-14)4-3-6-15-13(18)11-5-7-16(2)12(17)8-11/h5,7-8,10H,3-4,6,9H2,1-2H3,(H,15,18). The van der Waals surface area contributed by atoms with Gasteiger partial charge in [-0.15, -0.1) is 11.6 Å². The molecule has 0 bridgehead atoms. The number of nitrogens with zero attached hydrogens (tertiary/aromatic N) is 1. The summed E-state index contributed by atoms with van der Waals surface area (Å²) in [4.78, 5) is 23.1. The quantitative estimate of drug-likeness (QED) is 0.633. The molecule has 100 valence electrons. The first kappa shape index (κ1) is 14.8. The van der Waals surface area contributed by atoms with Crippen LogP contribution in [-0.4, -0.2) is 22.9 Å². The molecule has 0 aliphatic rings. The van der Waals surface area contributed by atoms with Crippen LogP contribution in [0.2, 0.25) is 0 Å². The molecule has 18 heavy (non-hydrogen) atoms. The van der Waals surface area contributed by atoms with Crippen LogP contribution in [0, 0.1) is 5.92 Å². The Labute approximate surface area is 112 Å². The predicted octanol–water partition coefficient (Wildman–Crippen LogP) is 1.77. The maximum absolute atomic E-state index is 11.7. The molecule has 1 heterocycles. The van der Waals surface area contributed by atoms with Crippen LogP contribution >= 0.6 is 11.6 Å². The van der Waals surface area contributed by atoms with E-state index in [2.05, 4.69) is 12.2 Å². The van der Waals surface area contributed by atoms with Crippen LogP contribution < -0.4 is 10.9 Å². The zero-order valence-corrected chi connectivity index (χ0v) is 11.5. The highest BCUT2D eigenvalue weighted by Crippen LogP contribution is 2.06. The van der Waals surface area contributed by atoms with Gasteiger partial charge in [0, 0.05) is 37.3 Å². The number of carbonyl (C=O) groups excluding carboxylic acids is 1. The second-order valence-corrected chi connectivity index (χ2v) is 4.83. The minimum absolute atomic E-state index is 0.182. The molecule has 5 heteroatoms. The molecule has 1 atom stereocenters. The molecule has 1 unspecified atom stereocenters. The van der Waals surface area contributed by atoms with Crippen LogP contribution in [0.5, 0.6) is 0 Å². The number of aromatic nitrogens is 1. The molecule has 1 aromatic rings. The van der Waals surface area contributed by atoms with Gasteiger partial charge in [-0.1, -0.05) is 6.92 Å². The fraction of sp³-hybridized carbons (Fsp3) is 0.538. The topological polar surface area (TPSA) is 51.1 Å². The maximum atomic E-state index is 11.7. The van der Waals surface area contributed by atoms with Crippen molar-refractivity contribution in [3.63, 3.8) is 0 Å². The van der Waals surface area contributed by atoms with Crippen LogP contribution in [0.1, 0.15) is 30.1 Å². The van der Waals surface area contributed by atoms with E-state index < -0.39 is 0 Å². The molecular weight excluding hydrogens is 252 g/mol. The predicted molar refractivity (Wildman–Crippen MR) is 73.1 cm³/mol. The van der Waals surface area contributed by atoms with Gasteiger partial charge in [0.1, 0.15) is 0 Å². The van der Waals surface area contributed by atoms with E-state index in [1.165, 1.54) is 10.6 Å². The number of halogens is 1. The highest BCUT2D eigenvalue weighted by molar-refractivity contribution is 6.18. The number of rotatable bonds is 6. The normalized spacial score (nSPS) is 12.2. The van der Waals surface area contributed by atoms with Gasteiger partial charge < -0.3 is 9.88 Å². The summed E-state index contributed by atoms with van der Waals surface area (Å²) in [5.74, 6) is 0.904. The average Bonchev–Trinajstić information content (AvgIpc) is 2.37. The Balaban J connectivity index is 2.41. The molecule has 1 aromatic heterocycles. The molecule has 0 fully saturated rings. The molecule has 1 N–H and O–H groups in total. The van der Waals surface area contributed by atoms with Crippen LogP contribution in [0.25, 0.3) is 0 Å². The van der Waals surface area contributed by atoms with Crippen molar-refractivity contribution in [1.29, 1.82) is 0 Å². The van der Waals surface area contributed by atoms with Gasteiger partial charge in [-0.2, -0.15) is 0 Å². The van der Waals surface area contributed by atoms with Gasteiger partial charge >= 0.3 is 0 Å². The van der Waals surface area contributed by atoms with E-state index in [1.54, 1.807) is 19.3 Å². The molecule has 0 radical (unpaired) electrons. The Kier molecular flexibility index (Phi) is 5.92. The number of alkyl halides is 1. The third kappa shape index (κ3) is 4.53. The van der Waals surface area contributed by atoms with Crippen LogP contribution in [0.4, 0.5) is 0 Å². The van der Waals surface area contributed by atoms with Gasteiger partial charge in [0.25, 0.3) is 11.5 Å². The summed E-state index contributed by atoms with van der Waals surface area (Å²) in [5, 5.41) is 2.79. The lowest BCUT2D eigenvalue weighted by atomic mass is 10.1. The molecule has 4 nitrogen and oxygen atoms in total. The highest BCUT2D eigenvalue weighted by Gasteiger charge is 2.06. The lowest BCUT2D eigenvalue weighted by Crippen LogP contribution is -2.27. The van der Waals surface area contributed by atoms with Crippen molar-refractivity contribution in [2.45, 2.75) is 19.8 Å². The highest BCUT2D eigenvalue weighted by atomic mass is 35.5. The molecule has 0 aromatic carbocycles. The number of hydrogen-bond donors (Lipinski definition) is 1. The van der Waals surface area contributed by atoms with Crippen molar-refractivity contribution in [2.24, 2.45) is 13.0 Å². The first-order valence-corrected chi connectivity index (χ1v) is 6.59. The van der Waals surface area contributed by atoms with E-state index in [1.807, 2.05) is 0 Å². The van der Waals surface area contributed by atoms with Crippen molar-refractivity contribution in [1.82, 2.24) is 9.88 Å². The number of amides is 1. The SMILES string of the molecule is CC(CCl)CCCNC(=O)c1ccn(C)c(=O)c1. The molecule has 1 rings (SSSR count). The number of hydrogen-bond acceptors (Lipinski definition) is 2. The lowest BCUT2D eigenvalue weighted by molar-refractivity contribution is 0.0952. The zero-order valence-electron chi connectivity index (χ0n) is 10.8. The number of nitrogens with one attached hydrogen (secondary N) is 1. The summed E-state index contributed by atoms with van der Waals surface area (Å²) in [6, 6.07) is 2.98. The summed E-state index contributed by atoms with van der Waals surface area (Å²) in [6.07, 6.45) is 3.47. The smallest absolute Gasteiger partial charge is 0.251 e. The number of carbonyl (C=O) groups is 1. The van der Waals surface area contributed by atoms with Gasteiger partial charge in [-0.05, 0) is 24.8 Å². The Morgan fingerprint density at radius 3 is 2.89 bits per heavy atom. The lowest BCUT2D eigenvalue weighted by Gasteiger charge is -2.08. The Morgan fingerprint density at radius 2 is 2.28 bits per heavy atom. The summed E-state index contributed by atoms with van der Waals surface area (Å²) < 4.78 is 1.43. The summed E-state index contributed by atoms with van der Waals surface area (Å²) >= 11 is 5.70. The Bertz CT molecular complexity index is 457. The van der Waals surface area contributed by atoms with Crippen molar-refractivity contribution < 1.29 is 4.79 Å². The second-order valence-electron chi connectivity index (χ2n) is 4.52. The largest absolute Gasteiger partial charge is 0.352 e. The van der Waals surface area contributed by atoms with Crippen LogP contribution in [0.3, 0.4) is 0 Å². The van der Waals surface area contributed by atoms with Gasteiger partial charge in [0.05, 0.1) is 0 Å².